The molecule has 1 heterocycles. The average Bonchev–Trinajstić information content (AvgIpc) is 3.15. The third-order valence-corrected chi connectivity index (χ3v) is 6.30. The van der Waals surface area contributed by atoms with Crippen molar-refractivity contribution in [3.63, 3.8) is 0 Å². The molecule has 0 unspecified atom stereocenters. The maximum atomic E-state index is 12.7. The molecule has 3 aromatic carbocycles. The quantitative estimate of drug-likeness (QED) is 0.342. The predicted molar refractivity (Wildman–Crippen MR) is 122 cm³/mol. The van der Waals surface area contributed by atoms with Crippen molar-refractivity contribution in [2.24, 2.45) is 0 Å². The molecule has 0 bridgehead atoms. The van der Waals surface area contributed by atoms with Crippen LogP contribution >= 0.6 is 0 Å². The number of alkyl halides is 3. The molecule has 0 spiro atoms. The number of halogens is 3. The van der Waals surface area contributed by atoms with E-state index in [0.717, 1.165) is 23.2 Å². The number of aromatic nitrogens is 1. The maximum absolute atomic E-state index is 12.7. The summed E-state index contributed by atoms with van der Waals surface area (Å²) in [6, 6.07) is 19.1. The van der Waals surface area contributed by atoms with Gasteiger partial charge in [0.25, 0.3) is 0 Å². The lowest BCUT2D eigenvalue weighted by Crippen LogP contribution is -2.14. The maximum Gasteiger partial charge on any atom is 0.416 e. The third kappa shape index (κ3) is 5.87. The predicted octanol–water partition coefficient (Wildman–Crippen LogP) is 5.75. The number of aromatic amines is 1. The second kappa shape index (κ2) is 9.19. The number of ether oxygens (including phenoxy) is 1. The van der Waals surface area contributed by atoms with Crippen molar-refractivity contribution in [1.29, 1.82) is 0 Å². The Labute approximate surface area is 189 Å². The molecule has 9 heteroatoms. The van der Waals surface area contributed by atoms with Gasteiger partial charge >= 0.3 is 6.18 Å². The minimum atomic E-state index is -4.36. The summed E-state index contributed by atoms with van der Waals surface area (Å²) in [5.41, 5.74) is 1.86. The van der Waals surface area contributed by atoms with Crippen molar-refractivity contribution in [2.75, 3.05) is 11.3 Å². The first-order valence-corrected chi connectivity index (χ1v) is 11.8. The summed E-state index contributed by atoms with van der Waals surface area (Å²) in [7, 11) is -3.62. The van der Waals surface area contributed by atoms with Crippen LogP contribution in [0.4, 0.5) is 18.9 Å². The van der Waals surface area contributed by atoms with Crippen LogP contribution in [0.2, 0.25) is 0 Å². The number of nitrogens with one attached hydrogen (secondary N) is 2. The fourth-order valence-corrected chi connectivity index (χ4v) is 4.63. The van der Waals surface area contributed by atoms with Gasteiger partial charge in [-0.1, -0.05) is 42.5 Å². The molecular formula is C24H21F3N2O3S. The lowest BCUT2D eigenvalue weighted by Gasteiger charge is -2.10. The van der Waals surface area contributed by atoms with Crippen molar-refractivity contribution in [2.45, 2.75) is 18.3 Å². The van der Waals surface area contributed by atoms with Crippen LogP contribution < -0.4 is 9.46 Å². The van der Waals surface area contributed by atoms with Crippen LogP contribution in [0.25, 0.3) is 10.9 Å². The largest absolute Gasteiger partial charge is 0.493 e. The van der Waals surface area contributed by atoms with Crippen LogP contribution in [0, 0.1) is 0 Å². The van der Waals surface area contributed by atoms with E-state index in [2.05, 4.69) is 9.71 Å². The SMILES string of the molecule is O=S(=O)(Cc1ccccc1)Nc1c[nH]c2ccc(OCCc3ccc(C(F)(F)F)cc3)cc12. The summed E-state index contributed by atoms with van der Waals surface area (Å²) in [6.07, 6.45) is -2.35. The first kappa shape index (κ1) is 22.7. The minimum Gasteiger partial charge on any atom is -0.493 e. The number of rotatable bonds is 8. The molecule has 0 saturated heterocycles. The van der Waals surface area contributed by atoms with E-state index in [9.17, 15) is 21.6 Å². The average molecular weight is 475 g/mol. The van der Waals surface area contributed by atoms with Gasteiger partial charge in [-0.15, -0.1) is 0 Å². The molecule has 0 fully saturated rings. The van der Waals surface area contributed by atoms with Gasteiger partial charge in [0.05, 0.1) is 23.6 Å². The topological polar surface area (TPSA) is 71.2 Å². The van der Waals surface area contributed by atoms with Crippen molar-refractivity contribution >= 4 is 26.6 Å². The van der Waals surface area contributed by atoms with Gasteiger partial charge in [0.1, 0.15) is 5.75 Å². The van der Waals surface area contributed by atoms with Gasteiger partial charge in [-0.25, -0.2) is 8.42 Å². The van der Waals surface area contributed by atoms with E-state index >= 15 is 0 Å². The Morgan fingerprint density at radius 1 is 0.909 bits per heavy atom. The van der Waals surface area contributed by atoms with Gasteiger partial charge in [-0.05, 0) is 41.5 Å². The second-order valence-corrected chi connectivity index (χ2v) is 9.27. The van der Waals surface area contributed by atoms with E-state index in [4.69, 9.17) is 4.74 Å². The normalized spacial score (nSPS) is 12.1. The molecule has 0 atom stereocenters. The van der Waals surface area contributed by atoms with E-state index < -0.39 is 21.8 Å². The smallest absolute Gasteiger partial charge is 0.416 e. The molecule has 0 saturated carbocycles. The molecule has 33 heavy (non-hydrogen) atoms. The molecule has 0 amide bonds. The van der Waals surface area contributed by atoms with E-state index in [1.165, 1.54) is 12.1 Å². The van der Waals surface area contributed by atoms with Crippen molar-refractivity contribution in [3.05, 3.63) is 95.7 Å². The first-order chi connectivity index (χ1) is 15.7. The van der Waals surface area contributed by atoms with Gasteiger partial charge in [-0.3, -0.25) is 4.72 Å². The van der Waals surface area contributed by atoms with Crippen LogP contribution in [-0.2, 0) is 28.4 Å². The Balaban J connectivity index is 1.41. The summed E-state index contributed by atoms with van der Waals surface area (Å²) in [5.74, 6) is 0.377. The zero-order chi connectivity index (χ0) is 23.5. The van der Waals surface area contributed by atoms with Crippen LogP contribution in [0.15, 0.2) is 79.0 Å². The van der Waals surface area contributed by atoms with E-state index in [1.807, 2.05) is 6.07 Å². The Morgan fingerprint density at radius 3 is 2.33 bits per heavy atom. The van der Waals surface area contributed by atoms with E-state index in [0.29, 0.717) is 28.8 Å². The van der Waals surface area contributed by atoms with Crippen LogP contribution in [0.3, 0.4) is 0 Å². The summed E-state index contributed by atoms with van der Waals surface area (Å²) >= 11 is 0. The monoisotopic (exact) mass is 474 g/mol. The first-order valence-electron chi connectivity index (χ1n) is 10.1. The van der Waals surface area contributed by atoms with Gasteiger partial charge in [-0.2, -0.15) is 13.2 Å². The molecule has 1 aromatic heterocycles. The zero-order valence-corrected chi connectivity index (χ0v) is 18.2. The van der Waals surface area contributed by atoms with Crippen molar-refractivity contribution in [3.8, 4) is 5.75 Å². The molecule has 2 N–H and O–H groups in total. The highest BCUT2D eigenvalue weighted by Crippen LogP contribution is 2.30. The lowest BCUT2D eigenvalue weighted by molar-refractivity contribution is -0.137. The number of anilines is 1. The summed E-state index contributed by atoms with van der Waals surface area (Å²) in [6.45, 7) is 0.260. The van der Waals surface area contributed by atoms with E-state index in [-0.39, 0.29) is 12.4 Å². The molecule has 5 nitrogen and oxygen atoms in total. The lowest BCUT2D eigenvalue weighted by atomic mass is 10.1. The standard InChI is InChI=1S/C24H21F3N2O3S/c25-24(26,27)19-8-6-17(7-9-19)12-13-32-20-10-11-22-21(14-20)23(15-28-22)29-33(30,31)16-18-4-2-1-3-5-18/h1-11,14-15,28-29H,12-13,16H2. The Bertz CT molecular complexity index is 1330. The molecule has 0 aliphatic heterocycles. The van der Waals surface area contributed by atoms with Gasteiger partial charge in [0, 0.05) is 23.5 Å². The summed E-state index contributed by atoms with van der Waals surface area (Å²) in [4.78, 5) is 3.03. The second-order valence-electron chi connectivity index (χ2n) is 7.55. The zero-order valence-electron chi connectivity index (χ0n) is 17.4. The molecule has 0 aliphatic carbocycles. The third-order valence-electron chi connectivity index (χ3n) is 5.06. The van der Waals surface area contributed by atoms with Crippen LogP contribution in [-0.4, -0.2) is 20.0 Å². The number of benzene rings is 3. The van der Waals surface area contributed by atoms with Gasteiger partial charge < -0.3 is 9.72 Å². The highest BCUT2D eigenvalue weighted by atomic mass is 32.2. The Hall–Kier alpha value is -3.46. The molecule has 4 aromatic rings. The molecule has 0 aliphatic rings. The van der Waals surface area contributed by atoms with Crippen LogP contribution in [0.1, 0.15) is 16.7 Å². The molecule has 4 rings (SSSR count). The fourth-order valence-electron chi connectivity index (χ4n) is 3.42. The molecule has 0 radical (unpaired) electrons. The molecule has 172 valence electrons. The van der Waals surface area contributed by atoms with Gasteiger partial charge in [0.2, 0.25) is 10.0 Å². The number of fused-ring (bicyclic) bond motifs is 1. The number of sulfonamides is 1. The van der Waals surface area contributed by atoms with Crippen molar-refractivity contribution in [1.82, 2.24) is 4.98 Å². The van der Waals surface area contributed by atoms with Crippen LogP contribution in [0.5, 0.6) is 5.75 Å². The fraction of sp³-hybridized carbons (Fsp3) is 0.167. The van der Waals surface area contributed by atoms with Crippen molar-refractivity contribution < 1.29 is 26.3 Å². The number of H-pyrrole nitrogens is 1. The van der Waals surface area contributed by atoms with Gasteiger partial charge in [0.15, 0.2) is 0 Å². The Kier molecular flexibility index (Phi) is 6.33. The summed E-state index contributed by atoms with van der Waals surface area (Å²) in [5, 5.41) is 0.652. The summed E-state index contributed by atoms with van der Waals surface area (Å²) < 4.78 is 71.5. The highest BCUT2D eigenvalue weighted by molar-refractivity contribution is 7.91. The highest BCUT2D eigenvalue weighted by Gasteiger charge is 2.29. The Morgan fingerprint density at radius 2 is 1.64 bits per heavy atom. The molecular weight excluding hydrogens is 453 g/mol. The minimum absolute atomic E-state index is 0.149. The number of hydrogen-bond acceptors (Lipinski definition) is 3. The van der Waals surface area contributed by atoms with E-state index in [1.54, 1.807) is 48.7 Å². The number of hydrogen-bond donors (Lipinski definition) is 2.